The molecule has 10 nitrogen and oxygen atoms in total. The number of carbonyl (C=O) groups is 1. The quantitative estimate of drug-likeness (QED) is 0.450. The Morgan fingerprint density at radius 1 is 1.15 bits per heavy atom. The molecule has 3 aliphatic heterocycles. The second kappa shape index (κ2) is 10.0. The largest absolute Gasteiger partial charge is 0.489 e. The lowest BCUT2D eigenvalue weighted by Gasteiger charge is -2.49. The van der Waals surface area contributed by atoms with Crippen molar-refractivity contribution in [1.82, 2.24) is 24.8 Å². The van der Waals surface area contributed by atoms with Gasteiger partial charge in [0.1, 0.15) is 18.0 Å². The van der Waals surface area contributed by atoms with E-state index in [1.54, 1.807) is 17.7 Å². The molecule has 1 aliphatic carbocycles. The van der Waals surface area contributed by atoms with Crippen molar-refractivity contribution in [2.45, 2.75) is 57.7 Å². The van der Waals surface area contributed by atoms with E-state index in [2.05, 4.69) is 25.4 Å². The van der Waals surface area contributed by atoms with Crippen molar-refractivity contribution < 1.29 is 9.53 Å². The summed E-state index contributed by atoms with van der Waals surface area (Å²) in [6.45, 7) is 8.88. The number of nitrogens with one attached hydrogen (secondary N) is 2. The van der Waals surface area contributed by atoms with E-state index in [1.807, 2.05) is 12.1 Å². The molecule has 2 saturated heterocycles. The van der Waals surface area contributed by atoms with Crippen molar-refractivity contribution in [2.24, 2.45) is 0 Å². The highest BCUT2D eigenvalue weighted by Gasteiger charge is 2.38. The fourth-order valence-corrected chi connectivity index (χ4v) is 7.16. The zero-order valence-corrected chi connectivity index (χ0v) is 23.6. The summed E-state index contributed by atoms with van der Waals surface area (Å²) in [6.07, 6.45) is 5.60. The zero-order valence-electron chi connectivity index (χ0n) is 22.9. The number of anilines is 3. The van der Waals surface area contributed by atoms with Gasteiger partial charge in [-0.1, -0.05) is 24.4 Å². The normalized spacial score (nSPS) is 21.6. The maximum absolute atomic E-state index is 13.5. The Morgan fingerprint density at radius 2 is 1.95 bits per heavy atom. The Balaban J connectivity index is 1.21. The van der Waals surface area contributed by atoms with Crippen molar-refractivity contribution in [2.75, 3.05) is 49.5 Å². The van der Waals surface area contributed by atoms with Gasteiger partial charge in [-0.15, -0.1) is 0 Å². The minimum absolute atomic E-state index is 0.0250. The van der Waals surface area contributed by atoms with Gasteiger partial charge in [0.25, 0.3) is 5.56 Å². The van der Waals surface area contributed by atoms with Gasteiger partial charge in [0, 0.05) is 68.1 Å². The summed E-state index contributed by atoms with van der Waals surface area (Å²) in [5, 5.41) is 7.99. The van der Waals surface area contributed by atoms with Crippen LogP contribution < -0.4 is 25.8 Å². The van der Waals surface area contributed by atoms with Crippen LogP contribution in [0.25, 0.3) is 11.0 Å². The van der Waals surface area contributed by atoms with Crippen molar-refractivity contribution in [1.29, 1.82) is 0 Å². The van der Waals surface area contributed by atoms with E-state index in [-0.39, 0.29) is 29.0 Å². The fraction of sp³-hybridized carbons (Fsp3) is 0.517. The first-order chi connectivity index (χ1) is 19.4. The molecule has 1 aromatic carbocycles. The van der Waals surface area contributed by atoms with Gasteiger partial charge in [0.05, 0.1) is 22.3 Å². The third kappa shape index (κ3) is 4.24. The molecule has 40 heavy (non-hydrogen) atoms. The summed E-state index contributed by atoms with van der Waals surface area (Å²) in [5.41, 5.74) is 2.80. The van der Waals surface area contributed by atoms with Crippen LogP contribution in [0, 0.1) is 6.92 Å². The molecule has 1 atom stereocenters. The van der Waals surface area contributed by atoms with Crippen LogP contribution in [0.15, 0.2) is 23.1 Å². The molecule has 2 N–H and O–H groups in total. The number of carbonyl (C=O) groups excluding carboxylic acids is 1. The van der Waals surface area contributed by atoms with Crippen LogP contribution in [0.3, 0.4) is 0 Å². The van der Waals surface area contributed by atoms with E-state index >= 15 is 0 Å². The average molecular weight is 564 g/mol. The van der Waals surface area contributed by atoms with Gasteiger partial charge in [0.15, 0.2) is 5.78 Å². The summed E-state index contributed by atoms with van der Waals surface area (Å²) < 4.78 is 7.95. The van der Waals surface area contributed by atoms with E-state index in [4.69, 9.17) is 21.3 Å². The summed E-state index contributed by atoms with van der Waals surface area (Å²) in [7, 11) is 0. The second-order valence-corrected chi connectivity index (χ2v) is 11.9. The zero-order chi connectivity index (χ0) is 27.5. The highest BCUT2D eigenvalue weighted by molar-refractivity contribution is 6.34. The van der Waals surface area contributed by atoms with E-state index in [1.165, 1.54) is 6.92 Å². The number of Topliss-reactive ketones (excluding diaryl/α,β-unsaturated/α-hetero) is 1. The number of nitrogens with zero attached hydrogens (tertiary/aromatic N) is 5. The molecular formula is C29H34ClN7O3. The van der Waals surface area contributed by atoms with E-state index in [9.17, 15) is 9.59 Å². The number of hydrogen-bond donors (Lipinski definition) is 2. The van der Waals surface area contributed by atoms with Gasteiger partial charge >= 0.3 is 0 Å². The summed E-state index contributed by atoms with van der Waals surface area (Å²) >= 11 is 6.86. The van der Waals surface area contributed by atoms with Crippen LogP contribution in [0.5, 0.6) is 5.75 Å². The van der Waals surface area contributed by atoms with Crippen LogP contribution in [0.4, 0.5) is 17.3 Å². The molecule has 210 valence electrons. The maximum atomic E-state index is 13.5. The number of hydrogen-bond acceptors (Lipinski definition) is 9. The predicted octanol–water partition coefficient (Wildman–Crippen LogP) is 3.67. The van der Waals surface area contributed by atoms with Crippen LogP contribution in [0.2, 0.25) is 5.02 Å². The van der Waals surface area contributed by atoms with Gasteiger partial charge < -0.3 is 20.3 Å². The number of rotatable bonds is 5. The molecule has 2 aromatic heterocycles. The van der Waals surface area contributed by atoms with Crippen LogP contribution in [-0.4, -0.2) is 76.6 Å². The molecule has 0 spiro atoms. The SMILES string of the molecule is CC(=O)c1c(C)c2cnc(Nc3cc(Cl)c4c(c3)OC[C@H]3CN(C5CNC5)CCN43)nc2n(C2CCCC2)c1=O. The number of fused-ring (bicyclic) bond motifs is 4. The highest BCUT2D eigenvalue weighted by Crippen LogP contribution is 2.44. The molecule has 5 heterocycles. The van der Waals surface area contributed by atoms with Gasteiger partial charge in [-0.3, -0.25) is 19.1 Å². The number of ether oxygens (including phenoxy) is 1. The Kier molecular flexibility index (Phi) is 6.44. The van der Waals surface area contributed by atoms with Gasteiger partial charge in [-0.2, -0.15) is 4.98 Å². The molecule has 7 rings (SSSR count). The number of ketones is 1. The molecule has 0 unspecified atom stereocenters. The minimum atomic E-state index is -0.262. The molecule has 11 heteroatoms. The molecule has 1 saturated carbocycles. The highest BCUT2D eigenvalue weighted by atomic mass is 35.5. The standard InChI is InChI=1S/C29H34ClN7O3/c1-16-22-13-32-29(34-27(22)37(19-5-3-4-6-19)28(39)25(16)17(2)38)33-18-9-23(30)26-24(10-18)40-15-21-14-35(7-8-36(21)26)20-11-31-12-20/h9-10,13,19-21,31H,3-8,11-12,14-15H2,1-2H3,(H,32,33,34)/t21-/m1/s1. The first-order valence-electron chi connectivity index (χ1n) is 14.3. The van der Waals surface area contributed by atoms with Crippen molar-refractivity contribution in [3.05, 3.63) is 44.8 Å². The molecule has 4 aliphatic rings. The van der Waals surface area contributed by atoms with E-state index < -0.39 is 0 Å². The van der Waals surface area contributed by atoms with E-state index in [0.717, 1.165) is 75.2 Å². The number of aryl methyl sites for hydroxylation is 1. The second-order valence-electron chi connectivity index (χ2n) is 11.5. The minimum Gasteiger partial charge on any atom is -0.489 e. The summed E-state index contributed by atoms with van der Waals surface area (Å²) in [5.74, 6) is 0.877. The first-order valence-corrected chi connectivity index (χ1v) is 14.6. The van der Waals surface area contributed by atoms with Crippen LogP contribution in [0.1, 0.15) is 54.6 Å². The molecule has 0 amide bonds. The lowest BCUT2D eigenvalue weighted by atomic mass is 10.0. The first kappa shape index (κ1) is 25.7. The van der Waals surface area contributed by atoms with Crippen molar-refractivity contribution in [3.63, 3.8) is 0 Å². The Labute approximate surface area is 237 Å². The Morgan fingerprint density at radius 3 is 2.67 bits per heavy atom. The number of pyridine rings is 1. The Hall–Kier alpha value is -3.21. The molecule has 0 radical (unpaired) electrons. The maximum Gasteiger partial charge on any atom is 0.263 e. The number of benzene rings is 1. The van der Waals surface area contributed by atoms with Crippen LogP contribution >= 0.6 is 11.6 Å². The number of aromatic nitrogens is 3. The Bertz CT molecular complexity index is 1560. The molecule has 3 aromatic rings. The number of piperazine rings is 1. The van der Waals surface area contributed by atoms with Gasteiger partial charge in [0.2, 0.25) is 5.95 Å². The monoisotopic (exact) mass is 563 g/mol. The number of halogens is 1. The molecular weight excluding hydrogens is 530 g/mol. The lowest BCUT2D eigenvalue weighted by molar-refractivity contribution is 0.0991. The van der Waals surface area contributed by atoms with E-state index in [0.29, 0.717) is 40.5 Å². The molecule has 0 bridgehead atoms. The smallest absolute Gasteiger partial charge is 0.263 e. The van der Waals surface area contributed by atoms with Crippen LogP contribution in [-0.2, 0) is 0 Å². The van der Waals surface area contributed by atoms with Crippen molar-refractivity contribution >= 4 is 45.7 Å². The lowest BCUT2D eigenvalue weighted by Crippen LogP contribution is -2.65. The third-order valence-corrected chi connectivity index (χ3v) is 9.33. The van der Waals surface area contributed by atoms with Gasteiger partial charge in [-0.25, -0.2) is 4.98 Å². The fourth-order valence-electron chi connectivity index (χ4n) is 6.84. The topological polar surface area (TPSA) is 105 Å². The third-order valence-electron chi connectivity index (χ3n) is 9.04. The summed E-state index contributed by atoms with van der Waals surface area (Å²) in [4.78, 5) is 40.2. The average Bonchev–Trinajstić information content (AvgIpc) is 3.41. The van der Waals surface area contributed by atoms with Gasteiger partial charge in [-0.05, 0) is 38.3 Å². The molecule has 3 fully saturated rings. The van der Waals surface area contributed by atoms with Crippen molar-refractivity contribution in [3.8, 4) is 5.75 Å². The predicted molar refractivity (Wildman–Crippen MR) is 156 cm³/mol. The summed E-state index contributed by atoms with van der Waals surface area (Å²) in [6, 6.07) is 4.75.